The Bertz CT molecular complexity index is 781. The van der Waals surface area contributed by atoms with Crippen molar-refractivity contribution in [2.24, 2.45) is 0 Å². The summed E-state index contributed by atoms with van der Waals surface area (Å²) in [5, 5.41) is 2.93. The molecule has 0 spiro atoms. The van der Waals surface area contributed by atoms with Crippen LogP contribution in [0, 0.1) is 5.82 Å². The summed E-state index contributed by atoms with van der Waals surface area (Å²) < 4.78 is 24.4. The molecule has 1 atom stereocenters. The highest BCUT2D eigenvalue weighted by Gasteiger charge is 2.31. The highest BCUT2D eigenvalue weighted by Crippen LogP contribution is 2.30. The normalized spacial score (nSPS) is 17.1. The van der Waals surface area contributed by atoms with Gasteiger partial charge in [-0.05, 0) is 37.6 Å². The molecule has 1 fully saturated rings. The molecule has 1 N–H and O–H groups in total. The number of nitrogens with zero attached hydrogens (tertiary/aromatic N) is 1. The number of rotatable bonds is 6. The summed E-state index contributed by atoms with van der Waals surface area (Å²) in [4.78, 5) is 14.8. The lowest BCUT2D eigenvalue weighted by Crippen LogP contribution is -2.39. The summed E-state index contributed by atoms with van der Waals surface area (Å²) in [6.45, 7) is 1.19. The summed E-state index contributed by atoms with van der Waals surface area (Å²) in [7, 11) is 3.12. The number of methoxy groups -OCH3 is 2. The molecule has 1 heterocycles. The Hall–Kier alpha value is -2.60. The van der Waals surface area contributed by atoms with Gasteiger partial charge in [0.05, 0.1) is 25.9 Å². The van der Waals surface area contributed by atoms with Gasteiger partial charge in [-0.25, -0.2) is 4.39 Å². The average molecular weight is 358 g/mol. The van der Waals surface area contributed by atoms with E-state index in [1.807, 2.05) is 11.0 Å². The number of carbonyl (C=O) groups excluding carboxylic acids is 1. The molecule has 1 saturated heterocycles. The molecule has 1 aliphatic rings. The Kier molecular flexibility index (Phi) is 5.73. The fourth-order valence-electron chi connectivity index (χ4n) is 3.28. The second-order valence-electron chi connectivity index (χ2n) is 6.28. The van der Waals surface area contributed by atoms with Crippen LogP contribution in [-0.4, -0.2) is 37.6 Å². The van der Waals surface area contributed by atoms with E-state index in [9.17, 15) is 9.18 Å². The Morgan fingerprint density at radius 1 is 1.23 bits per heavy atom. The number of likely N-dealkylation sites (tertiary alicyclic amines) is 1. The maximum atomic E-state index is 13.9. The van der Waals surface area contributed by atoms with Crippen LogP contribution in [0.5, 0.6) is 11.5 Å². The number of hydrogen-bond acceptors (Lipinski definition) is 4. The van der Waals surface area contributed by atoms with Crippen LogP contribution >= 0.6 is 0 Å². The molecule has 0 aromatic heterocycles. The van der Waals surface area contributed by atoms with E-state index in [0.29, 0.717) is 29.3 Å². The number of benzene rings is 2. The molecule has 138 valence electrons. The Balaban J connectivity index is 1.72. The zero-order valence-electron chi connectivity index (χ0n) is 15.0. The standard InChI is InChI=1S/C20H23FN2O3/c1-25-15-9-10-17(19(12-15)26-2)22-20(24)18-8-5-11-23(18)13-14-6-3-4-7-16(14)21/h3-4,6-7,9-10,12,18H,5,8,11,13H2,1-2H3,(H,22,24). The maximum Gasteiger partial charge on any atom is 0.241 e. The molecule has 3 rings (SSSR count). The number of ether oxygens (including phenoxy) is 2. The van der Waals surface area contributed by atoms with Crippen molar-refractivity contribution in [1.82, 2.24) is 4.90 Å². The molecule has 5 nitrogen and oxygen atoms in total. The zero-order valence-corrected chi connectivity index (χ0v) is 15.0. The van der Waals surface area contributed by atoms with Crippen molar-refractivity contribution < 1.29 is 18.7 Å². The SMILES string of the molecule is COc1ccc(NC(=O)C2CCCN2Cc2ccccc2F)c(OC)c1. The lowest BCUT2D eigenvalue weighted by Gasteiger charge is -2.24. The van der Waals surface area contributed by atoms with Gasteiger partial charge in [-0.15, -0.1) is 0 Å². The first-order chi connectivity index (χ1) is 12.6. The molecule has 0 aliphatic carbocycles. The highest BCUT2D eigenvalue weighted by atomic mass is 19.1. The van der Waals surface area contributed by atoms with Gasteiger partial charge in [0, 0.05) is 18.2 Å². The van der Waals surface area contributed by atoms with E-state index >= 15 is 0 Å². The number of hydrogen-bond donors (Lipinski definition) is 1. The summed E-state index contributed by atoms with van der Waals surface area (Å²) in [5.74, 6) is 0.843. The smallest absolute Gasteiger partial charge is 0.241 e. The van der Waals surface area contributed by atoms with Crippen LogP contribution in [0.1, 0.15) is 18.4 Å². The summed E-state index contributed by atoms with van der Waals surface area (Å²) in [5.41, 5.74) is 1.20. The van der Waals surface area contributed by atoms with Crippen molar-refractivity contribution in [2.75, 3.05) is 26.1 Å². The van der Waals surface area contributed by atoms with Crippen molar-refractivity contribution in [3.8, 4) is 11.5 Å². The fraction of sp³-hybridized carbons (Fsp3) is 0.350. The third-order valence-corrected chi connectivity index (χ3v) is 4.66. The first kappa shape index (κ1) is 18.2. The van der Waals surface area contributed by atoms with Crippen molar-refractivity contribution in [3.63, 3.8) is 0 Å². The van der Waals surface area contributed by atoms with Crippen molar-refractivity contribution >= 4 is 11.6 Å². The minimum Gasteiger partial charge on any atom is -0.497 e. The Morgan fingerprint density at radius 3 is 2.77 bits per heavy atom. The Morgan fingerprint density at radius 2 is 2.04 bits per heavy atom. The molecular weight excluding hydrogens is 335 g/mol. The lowest BCUT2D eigenvalue weighted by atomic mass is 10.1. The second kappa shape index (κ2) is 8.19. The van der Waals surface area contributed by atoms with Gasteiger partial charge in [0.15, 0.2) is 0 Å². The predicted octanol–water partition coefficient (Wildman–Crippen LogP) is 3.45. The van der Waals surface area contributed by atoms with E-state index in [4.69, 9.17) is 9.47 Å². The van der Waals surface area contributed by atoms with Gasteiger partial charge in [-0.1, -0.05) is 18.2 Å². The van der Waals surface area contributed by atoms with Gasteiger partial charge in [-0.2, -0.15) is 0 Å². The van der Waals surface area contributed by atoms with Crippen molar-refractivity contribution in [3.05, 3.63) is 53.8 Å². The first-order valence-electron chi connectivity index (χ1n) is 8.62. The molecule has 0 bridgehead atoms. The monoisotopic (exact) mass is 358 g/mol. The van der Waals surface area contributed by atoms with Gasteiger partial charge >= 0.3 is 0 Å². The van der Waals surface area contributed by atoms with E-state index in [1.54, 1.807) is 44.6 Å². The summed E-state index contributed by atoms with van der Waals surface area (Å²) in [6.07, 6.45) is 1.66. The minimum absolute atomic E-state index is 0.109. The van der Waals surface area contributed by atoms with Gasteiger partial charge in [-0.3, -0.25) is 9.69 Å². The largest absolute Gasteiger partial charge is 0.497 e. The van der Waals surface area contributed by atoms with Crippen molar-refractivity contribution in [2.45, 2.75) is 25.4 Å². The molecular formula is C20H23FN2O3. The topological polar surface area (TPSA) is 50.8 Å². The third-order valence-electron chi connectivity index (χ3n) is 4.66. The summed E-state index contributed by atoms with van der Waals surface area (Å²) >= 11 is 0. The van der Waals surface area contributed by atoms with Crippen LogP contribution in [0.2, 0.25) is 0 Å². The average Bonchev–Trinajstić information content (AvgIpc) is 3.12. The van der Waals surface area contributed by atoms with Crippen LogP contribution < -0.4 is 14.8 Å². The van der Waals surface area contributed by atoms with E-state index in [0.717, 1.165) is 19.4 Å². The quantitative estimate of drug-likeness (QED) is 0.859. The number of nitrogens with one attached hydrogen (secondary N) is 1. The lowest BCUT2D eigenvalue weighted by molar-refractivity contribution is -0.120. The van der Waals surface area contributed by atoms with E-state index < -0.39 is 0 Å². The maximum absolute atomic E-state index is 13.9. The van der Waals surface area contributed by atoms with Crippen LogP contribution in [0.15, 0.2) is 42.5 Å². The van der Waals surface area contributed by atoms with E-state index in [-0.39, 0.29) is 17.8 Å². The molecule has 1 amide bonds. The number of anilines is 1. The highest BCUT2D eigenvalue weighted by molar-refractivity contribution is 5.96. The third kappa shape index (κ3) is 3.96. The molecule has 2 aromatic carbocycles. The van der Waals surface area contributed by atoms with Crippen LogP contribution in [0.25, 0.3) is 0 Å². The van der Waals surface area contributed by atoms with E-state index in [1.165, 1.54) is 6.07 Å². The van der Waals surface area contributed by atoms with Gasteiger partial charge < -0.3 is 14.8 Å². The first-order valence-corrected chi connectivity index (χ1v) is 8.62. The predicted molar refractivity (Wildman–Crippen MR) is 98.0 cm³/mol. The molecule has 0 radical (unpaired) electrons. The fourth-order valence-corrected chi connectivity index (χ4v) is 3.28. The van der Waals surface area contributed by atoms with Crippen molar-refractivity contribution in [1.29, 1.82) is 0 Å². The molecule has 2 aromatic rings. The Labute approximate surface area is 152 Å². The molecule has 1 unspecified atom stereocenters. The number of halogens is 1. The van der Waals surface area contributed by atoms with Gasteiger partial charge in [0.2, 0.25) is 5.91 Å². The van der Waals surface area contributed by atoms with Gasteiger partial charge in [0.25, 0.3) is 0 Å². The van der Waals surface area contributed by atoms with Gasteiger partial charge in [0.1, 0.15) is 17.3 Å². The second-order valence-corrected chi connectivity index (χ2v) is 6.28. The van der Waals surface area contributed by atoms with Crippen LogP contribution in [-0.2, 0) is 11.3 Å². The molecule has 0 saturated carbocycles. The number of carbonyl (C=O) groups is 1. The minimum atomic E-state index is -0.290. The zero-order chi connectivity index (χ0) is 18.5. The molecule has 26 heavy (non-hydrogen) atoms. The van der Waals surface area contributed by atoms with Crippen LogP contribution in [0.4, 0.5) is 10.1 Å². The molecule has 6 heteroatoms. The van der Waals surface area contributed by atoms with E-state index in [2.05, 4.69) is 5.32 Å². The molecule has 1 aliphatic heterocycles. The summed E-state index contributed by atoms with van der Waals surface area (Å²) in [6, 6.07) is 11.6. The number of amides is 1. The van der Waals surface area contributed by atoms with Crippen LogP contribution in [0.3, 0.4) is 0 Å².